The van der Waals surface area contributed by atoms with E-state index in [9.17, 15) is 4.79 Å². The molecule has 3 heterocycles. The Hall–Kier alpha value is -1.95. The molecule has 22 heavy (non-hydrogen) atoms. The lowest BCUT2D eigenvalue weighted by Gasteiger charge is -2.31. The molecule has 0 aromatic carbocycles. The smallest absolute Gasteiger partial charge is 0.310 e. The predicted octanol–water partition coefficient (Wildman–Crippen LogP) is 2.98. The number of nitrogens with zero attached hydrogens (tertiary/aromatic N) is 3. The van der Waals surface area contributed by atoms with E-state index in [0.29, 0.717) is 19.1 Å². The normalized spacial score (nSPS) is 18.2. The number of piperidine rings is 1. The van der Waals surface area contributed by atoms with Crippen molar-refractivity contribution < 1.29 is 9.53 Å². The van der Waals surface area contributed by atoms with E-state index in [1.807, 2.05) is 24.4 Å². The molecule has 0 N–H and O–H groups in total. The van der Waals surface area contributed by atoms with Crippen molar-refractivity contribution in [1.82, 2.24) is 9.97 Å². The summed E-state index contributed by atoms with van der Waals surface area (Å²) in [4.78, 5) is 24.2. The van der Waals surface area contributed by atoms with Crippen LogP contribution in [0.25, 0.3) is 10.6 Å². The molecule has 1 saturated heterocycles. The minimum absolute atomic E-state index is 0.0808. The summed E-state index contributed by atoms with van der Waals surface area (Å²) >= 11 is 1.66. The zero-order valence-electron chi connectivity index (χ0n) is 12.6. The van der Waals surface area contributed by atoms with Crippen LogP contribution in [0.15, 0.2) is 29.8 Å². The number of esters is 1. The minimum Gasteiger partial charge on any atom is -0.466 e. The highest BCUT2D eigenvalue weighted by atomic mass is 32.1. The van der Waals surface area contributed by atoms with Crippen LogP contribution in [0.2, 0.25) is 0 Å². The van der Waals surface area contributed by atoms with Crippen LogP contribution in [0.3, 0.4) is 0 Å². The summed E-state index contributed by atoms with van der Waals surface area (Å²) in [5.74, 6) is 0.504. The topological polar surface area (TPSA) is 55.3 Å². The molecule has 1 unspecified atom stereocenters. The number of aromatic nitrogens is 2. The molecule has 0 saturated carbocycles. The molecule has 5 nitrogen and oxygen atoms in total. The summed E-state index contributed by atoms with van der Waals surface area (Å²) in [5.41, 5.74) is 0.929. The third-order valence-corrected chi connectivity index (χ3v) is 4.63. The molecule has 0 aliphatic carbocycles. The summed E-state index contributed by atoms with van der Waals surface area (Å²) < 4.78 is 5.14. The maximum absolute atomic E-state index is 11.9. The molecule has 1 aliphatic heterocycles. The van der Waals surface area contributed by atoms with Gasteiger partial charge in [0.05, 0.1) is 23.1 Å². The van der Waals surface area contributed by atoms with E-state index in [1.165, 1.54) is 0 Å². The molecule has 116 valence electrons. The monoisotopic (exact) mass is 317 g/mol. The Labute approximate surface area is 134 Å². The Balaban J connectivity index is 1.76. The Morgan fingerprint density at radius 1 is 1.50 bits per heavy atom. The number of thiophene rings is 1. The molecule has 1 aliphatic rings. The highest BCUT2D eigenvalue weighted by Crippen LogP contribution is 2.26. The van der Waals surface area contributed by atoms with Crippen molar-refractivity contribution in [2.24, 2.45) is 5.92 Å². The Morgan fingerprint density at radius 3 is 3.18 bits per heavy atom. The molecule has 6 heteroatoms. The fraction of sp³-hybridized carbons (Fsp3) is 0.438. The van der Waals surface area contributed by atoms with Crippen LogP contribution < -0.4 is 4.90 Å². The Bertz CT molecular complexity index is 630. The van der Waals surface area contributed by atoms with E-state index < -0.39 is 0 Å². The van der Waals surface area contributed by atoms with Gasteiger partial charge in [-0.05, 0) is 37.3 Å². The maximum atomic E-state index is 11.9. The van der Waals surface area contributed by atoms with E-state index in [-0.39, 0.29) is 11.9 Å². The van der Waals surface area contributed by atoms with Crippen LogP contribution in [0.5, 0.6) is 0 Å². The van der Waals surface area contributed by atoms with Gasteiger partial charge < -0.3 is 9.64 Å². The quantitative estimate of drug-likeness (QED) is 0.811. The van der Waals surface area contributed by atoms with Crippen molar-refractivity contribution in [1.29, 1.82) is 0 Å². The van der Waals surface area contributed by atoms with Gasteiger partial charge in [0.2, 0.25) is 5.95 Å². The molecule has 0 amide bonds. The highest BCUT2D eigenvalue weighted by Gasteiger charge is 2.28. The standard InChI is InChI=1S/C16H19N3O2S/c1-2-21-15(20)12-5-3-9-19(11-12)16-17-8-7-13(18-16)14-6-4-10-22-14/h4,6-8,10,12H,2-3,5,9,11H2,1H3. The largest absolute Gasteiger partial charge is 0.466 e. The zero-order valence-corrected chi connectivity index (χ0v) is 13.4. The Kier molecular flexibility index (Phi) is 4.68. The molecule has 1 atom stereocenters. The fourth-order valence-corrected chi connectivity index (χ4v) is 3.37. The molecule has 0 bridgehead atoms. The first-order valence-corrected chi connectivity index (χ1v) is 8.44. The van der Waals surface area contributed by atoms with Crippen molar-refractivity contribution >= 4 is 23.3 Å². The fourth-order valence-electron chi connectivity index (χ4n) is 2.67. The molecule has 0 radical (unpaired) electrons. The van der Waals surface area contributed by atoms with Gasteiger partial charge in [-0.1, -0.05) is 6.07 Å². The van der Waals surface area contributed by atoms with Crippen LogP contribution in [-0.2, 0) is 9.53 Å². The first-order valence-electron chi connectivity index (χ1n) is 7.56. The average Bonchev–Trinajstić information content (AvgIpc) is 3.10. The van der Waals surface area contributed by atoms with E-state index in [2.05, 4.69) is 20.9 Å². The molecular weight excluding hydrogens is 298 g/mol. The number of anilines is 1. The number of carbonyl (C=O) groups excluding carboxylic acids is 1. The first-order chi connectivity index (χ1) is 10.8. The van der Waals surface area contributed by atoms with Gasteiger partial charge in [0, 0.05) is 19.3 Å². The van der Waals surface area contributed by atoms with Gasteiger partial charge in [-0.2, -0.15) is 0 Å². The van der Waals surface area contributed by atoms with E-state index in [0.717, 1.165) is 30.0 Å². The summed E-state index contributed by atoms with van der Waals surface area (Å²) in [7, 11) is 0. The number of carbonyl (C=O) groups is 1. The second-order valence-corrected chi connectivity index (χ2v) is 6.20. The lowest BCUT2D eigenvalue weighted by atomic mass is 9.98. The van der Waals surface area contributed by atoms with Crippen LogP contribution in [0.1, 0.15) is 19.8 Å². The molecular formula is C16H19N3O2S. The second kappa shape index (κ2) is 6.87. The molecule has 3 rings (SSSR count). The maximum Gasteiger partial charge on any atom is 0.310 e. The first kappa shape index (κ1) is 15.0. The summed E-state index contributed by atoms with van der Waals surface area (Å²) in [5, 5.41) is 2.04. The van der Waals surface area contributed by atoms with Crippen LogP contribution in [0, 0.1) is 5.92 Å². The van der Waals surface area contributed by atoms with Gasteiger partial charge in [0.15, 0.2) is 0 Å². The van der Waals surface area contributed by atoms with E-state index >= 15 is 0 Å². The van der Waals surface area contributed by atoms with Crippen molar-refractivity contribution in [3.8, 4) is 10.6 Å². The number of ether oxygens (including phenoxy) is 1. The van der Waals surface area contributed by atoms with Crippen LogP contribution >= 0.6 is 11.3 Å². The molecule has 2 aromatic rings. The SMILES string of the molecule is CCOC(=O)C1CCCN(c2nccc(-c3cccs3)n2)C1. The molecule has 1 fully saturated rings. The lowest BCUT2D eigenvalue weighted by Crippen LogP contribution is -2.40. The van der Waals surface area contributed by atoms with E-state index in [1.54, 1.807) is 17.5 Å². The van der Waals surface area contributed by atoms with E-state index in [4.69, 9.17) is 4.74 Å². The lowest BCUT2D eigenvalue weighted by molar-refractivity contribution is -0.148. The van der Waals surface area contributed by atoms with Gasteiger partial charge in [-0.25, -0.2) is 9.97 Å². The predicted molar refractivity (Wildman–Crippen MR) is 86.9 cm³/mol. The molecule has 0 spiro atoms. The van der Waals surface area contributed by atoms with Crippen molar-refractivity contribution in [3.05, 3.63) is 29.8 Å². The third kappa shape index (κ3) is 3.27. The number of rotatable bonds is 4. The summed E-state index contributed by atoms with van der Waals surface area (Å²) in [6, 6.07) is 5.98. The average molecular weight is 317 g/mol. The Morgan fingerprint density at radius 2 is 2.41 bits per heavy atom. The van der Waals surface area contributed by atoms with Crippen molar-refractivity contribution in [2.45, 2.75) is 19.8 Å². The number of hydrogen-bond acceptors (Lipinski definition) is 6. The second-order valence-electron chi connectivity index (χ2n) is 5.26. The van der Waals surface area contributed by atoms with Crippen molar-refractivity contribution in [2.75, 3.05) is 24.6 Å². The minimum atomic E-state index is -0.110. The third-order valence-electron chi connectivity index (χ3n) is 3.74. The van der Waals surface area contributed by atoms with Crippen molar-refractivity contribution in [3.63, 3.8) is 0 Å². The zero-order chi connectivity index (χ0) is 15.4. The van der Waals surface area contributed by atoms with Crippen LogP contribution in [0.4, 0.5) is 5.95 Å². The van der Waals surface area contributed by atoms with Gasteiger partial charge >= 0.3 is 5.97 Å². The highest BCUT2D eigenvalue weighted by molar-refractivity contribution is 7.13. The number of hydrogen-bond donors (Lipinski definition) is 0. The molecule has 2 aromatic heterocycles. The van der Waals surface area contributed by atoms with Gasteiger partial charge in [-0.15, -0.1) is 11.3 Å². The summed E-state index contributed by atoms with van der Waals surface area (Å²) in [6.07, 6.45) is 3.61. The van der Waals surface area contributed by atoms with Gasteiger partial charge in [0.1, 0.15) is 0 Å². The van der Waals surface area contributed by atoms with Gasteiger partial charge in [-0.3, -0.25) is 4.79 Å². The summed E-state index contributed by atoms with van der Waals surface area (Å²) in [6.45, 7) is 3.78. The van der Waals surface area contributed by atoms with Gasteiger partial charge in [0.25, 0.3) is 0 Å². The van der Waals surface area contributed by atoms with Crippen LogP contribution in [-0.4, -0.2) is 35.6 Å².